The molecule has 2 fully saturated rings. The van der Waals surface area contributed by atoms with Crippen molar-refractivity contribution in [3.8, 4) is 0 Å². The molecular weight excluding hydrogens is 448 g/mol. The molecular formula is C26H24N4O5. The van der Waals surface area contributed by atoms with Crippen molar-refractivity contribution in [1.29, 1.82) is 0 Å². The summed E-state index contributed by atoms with van der Waals surface area (Å²) in [6.07, 6.45) is 1.44. The van der Waals surface area contributed by atoms with Crippen LogP contribution in [0.3, 0.4) is 0 Å². The number of benzene rings is 2. The second-order valence-electron chi connectivity index (χ2n) is 8.45. The third-order valence-corrected chi connectivity index (χ3v) is 6.46. The summed E-state index contributed by atoms with van der Waals surface area (Å²) in [6, 6.07) is 20.6. The molecule has 5 amide bonds. The van der Waals surface area contributed by atoms with E-state index in [-0.39, 0.29) is 24.1 Å². The van der Waals surface area contributed by atoms with Gasteiger partial charge in [-0.3, -0.25) is 19.3 Å². The van der Waals surface area contributed by atoms with E-state index in [1.54, 1.807) is 70.5 Å². The summed E-state index contributed by atoms with van der Waals surface area (Å²) in [5.74, 6) is -0.829. The standard InChI is InChI=1S/C26H24N4O5/c31-22(28-13-15-29(16-14-28)23(32)21-12-7-17-35-21)18-30-24(33)26(27-25(30)34,19-8-3-1-4-9-19)20-10-5-2-6-11-20/h1-12,17H,13-16,18H2,(H,27,34). The van der Waals surface area contributed by atoms with E-state index in [9.17, 15) is 19.2 Å². The second kappa shape index (κ2) is 9.09. The van der Waals surface area contributed by atoms with Crippen molar-refractivity contribution in [1.82, 2.24) is 20.0 Å². The Morgan fingerprint density at radius 1 is 0.800 bits per heavy atom. The van der Waals surface area contributed by atoms with Gasteiger partial charge < -0.3 is 19.5 Å². The van der Waals surface area contributed by atoms with Crippen LogP contribution in [0.2, 0.25) is 0 Å². The van der Waals surface area contributed by atoms with Crippen molar-refractivity contribution in [2.45, 2.75) is 5.54 Å². The molecule has 2 saturated heterocycles. The molecule has 9 heteroatoms. The summed E-state index contributed by atoms with van der Waals surface area (Å²) in [5.41, 5.74) is -0.178. The fraction of sp³-hybridized carbons (Fsp3) is 0.231. The van der Waals surface area contributed by atoms with Gasteiger partial charge in [-0.1, -0.05) is 60.7 Å². The summed E-state index contributed by atoms with van der Waals surface area (Å²) in [7, 11) is 0. The lowest BCUT2D eigenvalue weighted by Gasteiger charge is -2.35. The number of carbonyl (C=O) groups is 4. The van der Waals surface area contributed by atoms with E-state index >= 15 is 0 Å². The highest BCUT2D eigenvalue weighted by Crippen LogP contribution is 2.36. The van der Waals surface area contributed by atoms with E-state index in [2.05, 4.69) is 5.32 Å². The number of nitrogens with one attached hydrogen (secondary N) is 1. The molecule has 178 valence electrons. The van der Waals surface area contributed by atoms with Gasteiger partial charge >= 0.3 is 6.03 Å². The molecule has 0 atom stereocenters. The molecule has 0 radical (unpaired) electrons. The van der Waals surface area contributed by atoms with Gasteiger partial charge in [-0.05, 0) is 23.3 Å². The third-order valence-electron chi connectivity index (χ3n) is 6.46. The van der Waals surface area contributed by atoms with Crippen LogP contribution in [0, 0.1) is 0 Å². The van der Waals surface area contributed by atoms with E-state index in [0.717, 1.165) is 4.90 Å². The number of hydrogen-bond donors (Lipinski definition) is 1. The Morgan fingerprint density at radius 3 is 1.91 bits per heavy atom. The molecule has 1 N–H and O–H groups in total. The quantitative estimate of drug-likeness (QED) is 0.573. The van der Waals surface area contributed by atoms with Crippen molar-refractivity contribution in [3.05, 3.63) is 95.9 Å². The fourth-order valence-corrected chi connectivity index (χ4v) is 4.60. The summed E-state index contributed by atoms with van der Waals surface area (Å²) in [4.78, 5) is 56.4. The number of urea groups is 1. The molecule has 0 aliphatic carbocycles. The number of hydrogen-bond acceptors (Lipinski definition) is 5. The maximum atomic E-state index is 13.7. The summed E-state index contributed by atoms with van der Waals surface area (Å²) in [6.45, 7) is 0.903. The number of piperazine rings is 1. The minimum atomic E-state index is -1.41. The second-order valence-corrected chi connectivity index (χ2v) is 8.45. The van der Waals surface area contributed by atoms with Gasteiger partial charge in [0.05, 0.1) is 6.26 Å². The Labute approximate surface area is 201 Å². The molecule has 1 aromatic heterocycles. The van der Waals surface area contributed by atoms with E-state index in [4.69, 9.17) is 4.42 Å². The molecule has 3 heterocycles. The maximum Gasteiger partial charge on any atom is 0.326 e. The Hall–Kier alpha value is -4.40. The van der Waals surface area contributed by atoms with Gasteiger partial charge in [-0.15, -0.1) is 0 Å². The van der Waals surface area contributed by atoms with E-state index in [0.29, 0.717) is 37.3 Å². The Morgan fingerprint density at radius 2 is 1.37 bits per heavy atom. The molecule has 5 rings (SSSR count). The number of imide groups is 1. The first-order chi connectivity index (χ1) is 17.0. The summed E-state index contributed by atoms with van der Waals surface area (Å²) < 4.78 is 5.17. The minimum Gasteiger partial charge on any atom is -0.459 e. The lowest BCUT2D eigenvalue weighted by Crippen LogP contribution is -2.53. The molecule has 2 aromatic carbocycles. The van der Waals surface area contributed by atoms with Crippen LogP contribution in [0.5, 0.6) is 0 Å². The van der Waals surface area contributed by atoms with E-state index < -0.39 is 17.5 Å². The summed E-state index contributed by atoms with van der Waals surface area (Å²) >= 11 is 0. The average Bonchev–Trinajstić information content (AvgIpc) is 3.53. The molecule has 9 nitrogen and oxygen atoms in total. The van der Waals surface area contributed by atoms with E-state index in [1.807, 2.05) is 12.1 Å². The molecule has 0 spiro atoms. The number of furan rings is 1. The normalized spacial score (nSPS) is 17.4. The SMILES string of the molecule is O=C(CN1C(=O)NC(c2ccccc2)(c2ccccc2)C1=O)N1CCN(C(=O)c2ccco2)CC1. The highest BCUT2D eigenvalue weighted by Gasteiger charge is 2.54. The number of carbonyl (C=O) groups excluding carboxylic acids is 4. The van der Waals surface area contributed by atoms with Gasteiger partial charge in [0.2, 0.25) is 5.91 Å². The molecule has 0 bridgehead atoms. The van der Waals surface area contributed by atoms with Crippen LogP contribution >= 0.6 is 0 Å². The van der Waals surface area contributed by atoms with Crippen LogP contribution in [0.15, 0.2) is 83.5 Å². The zero-order valence-corrected chi connectivity index (χ0v) is 18.9. The third kappa shape index (κ3) is 3.95. The van der Waals surface area contributed by atoms with Gasteiger partial charge in [-0.2, -0.15) is 0 Å². The zero-order chi connectivity index (χ0) is 24.4. The van der Waals surface area contributed by atoms with Crippen LogP contribution in [-0.2, 0) is 15.1 Å². The van der Waals surface area contributed by atoms with Crippen LogP contribution in [-0.4, -0.2) is 71.2 Å². The summed E-state index contributed by atoms with van der Waals surface area (Å²) in [5, 5.41) is 2.85. The largest absolute Gasteiger partial charge is 0.459 e. The fourth-order valence-electron chi connectivity index (χ4n) is 4.60. The molecule has 0 unspecified atom stereocenters. The minimum absolute atomic E-state index is 0.230. The maximum absolute atomic E-state index is 13.7. The van der Waals surface area contributed by atoms with Crippen molar-refractivity contribution in [3.63, 3.8) is 0 Å². The first-order valence-electron chi connectivity index (χ1n) is 11.4. The molecule has 2 aliphatic rings. The van der Waals surface area contributed by atoms with Gasteiger partial charge in [0, 0.05) is 26.2 Å². The van der Waals surface area contributed by atoms with Gasteiger partial charge in [0.25, 0.3) is 11.8 Å². The molecule has 2 aliphatic heterocycles. The topological polar surface area (TPSA) is 103 Å². The lowest BCUT2D eigenvalue weighted by molar-refractivity contribution is -0.139. The van der Waals surface area contributed by atoms with Crippen LogP contribution in [0.1, 0.15) is 21.7 Å². The number of amides is 5. The van der Waals surface area contributed by atoms with Crippen LogP contribution in [0.25, 0.3) is 0 Å². The zero-order valence-electron chi connectivity index (χ0n) is 18.9. The van der Waals surface area contributed by atoms with Gasteiger partial charge in [-0.25, -0.2) is 4.79 Å². The average molecular weight is 473 g/mol. The molecule has 0 saturated carbocycles. The first-order valence-corrected chi connectivity index (χ1v) is 11.4. The van der Waals surface area contributed by atoms with Crippen molar-refractivity contribution in [2.24, 2.45) is 0 Å². The first kappa shape index (κ1) is 22.4. The van der Waals surface area contributed by atoms with E-state index in [1.165, 1.54) is 6.26 Å². The number of rotatable bonds is 5. The van der Waals surface area contributed by atoms with Crippen LogP contribution < -0.4 is 5.32 Å². The monoisotopic (exact) mass is 472 g/mol. The van der Waals surface area contributed by atoms with Crippen LogP contribution in [0.4, 0.5) is 4.79 Å². The van der Waals surface area contributed by atoms with Gasteiger partial charge in [0.15, 0.2) is 11.3 Å². The Kier molecular flexibility index (Phi) is 5.82. The highest BCUT2D eigenvalue weighted by atomic mass is 16.3. The predicted octanol–water partition coefficient (Wildman–Crippen LogP) is 2.06. The highest BCUT2D eigenvalue weighted by molar-refractivity contribution is 6.11. The Balaban J connectivity index is 1.31. The van der Waals surface area contributed by atoms with Gasteiger partial charge in [0.1, 0.15) is 6.54 Å². The smallest absolute Gasteiger partial charge is 0.326 e. The molecule has 3 aromatic rings. The van der Waals surface area contributed by atoms with Crippen molar-refractivity contribution >= 4 is 23.8 Å². The van der Waals surface area contributed by atoms with Crippen molar-refractivity contribution in [2.75, 3.05) is 32.7 Å². The van der Waals surface area contributed by atoms with Crippen molar-refractivity contribution < 1.29 is 23.6 Å². The Bertz CT molecular complexity index is 1200. The predicted molar refractivity (Wildman–Crippen MR) is 125 cm³/mol. The lowest BCUT2D eigenvalue weighted by atomic mass is 9.82. The number of nitrogens with zero attached hydrogens (tertiary/aromatic N) is 3. The molecule has 35 heavy (non-hydrogen) atoms.